The maximum absolute atomic E-state index is 14.1. The number of nitrogens with zero attached hydrogens (tertiary/aromatic N) is 5. The number of carbonyl (C=O) groups is 2. The molecule has 2 saturated heterocycles. The van der Waals surface area contributed by atoms with E-state index in [9.17, 15) is 9.59 Å². The van der Waals surface area contributed by atoms with E-state index < -0.39 is 0 Å². The molecule has 3 N–H and O–H groups in total. The number of halogens is 1. The number of benzene rings is 1. The topological polar surface area (TPSA) is 109 Å². The van der Waals surface area contributed by atoms with E-state index in [2.05, 4.69) is 25.2 Å². The fourth-order valence-electron chi connectivity index (χ4n) is 7.28. The van der Waals surface area contributed by atoms with Gasteiger partial charge in [-0.05, 0) is 74.0 Å². The Balaban J connectivity index is 1.26. The number of carbonyl (C=O) groups excluding carboxylic acids is 2. The summed E-state index contributed by atoms with van der Waals surface area (Å²) in [6, 6.07) is 7.74. The van der Waals surface area contributed by atoms with Crippen molar-refractivity contribution < 1.29 is 9.59 Å². The molecule has 9 nitrogen and oxygen atoms in total. The van der Waals surface area contributed by atoms with Gasteiger partial charge in [0.1, 0.15) is 12.7 Å². The van der Waals surface area contributed by atoms with Gasteiger partial charge in [0.15, 0.2) is 0 Å². The van der Waals surface area contributed by atoms with Gasteiger partial charge in [0.25, 0.3) is 0 Å². The Labute approximate surface area is 242 Å². The summed E-state index contributed by atoms with van der Waals surface area (Å²) in [5, 5.41) is 8.87. The van der Waals surface area contributed by atoms with Crippen molar-refractivity contribution in [2.24, 2.45) is 17.1 Å². The van der Waals surface area contributed by atoms with Crippen molar-refractivity contribution in [2.45, 2.75) is 82.8 Å². The summed E-state index contributed by atoms with van der Waals surface area (Å²) in [7, 11) is 0. The van der Waals surface area contributed by atoms with Crippen LogP contribution in [-0.4, -0.2) is 81.2 Å². The third-order valence-electron chi connectivity index (χ3n) is 9.54. The molecule has 10 heteroatoms. The fourth-order valence-corrected chi connectivity index (χ4v) is 7.40. The zero-order valence-electron chi connectivity index (χ0n) is 23.5. The molecule has 3 fully saturated rings. The Kier molecular flexibility index (Phi) is 9.76. The van der Waals surface area contributed by atoms with E-state index in [0.717, 1.165) is 64.0 Å². The van der Waals surface area contributed by atoms with Crippen LogP contribution in [0, 0.1) is 11.3 Å². The summed E-state index contributed by atoms with van der Waals surface area (Å²) in [6.45, 7) is 4.34. The first-order valence-electron chi connectivity index (χ1n) is 15.0. The average molecular weight is 570 g/mol. The number of nitrogens with two attached hydrogens (primary N) is 1. The standard InChI is InChI=1S/C30H44ClN7O2/c31-25-8-6-23(7-9-25)18-27(35-26-10-14-36(15-11-26)19-28(32)39)29(40)37-16-12-30(13-17-37,20-38-22-33-21-34-38)24-4-2-1-3-5-24/h6-9,21-22,24,26-27,35H,1-5,10-20H2,(H2,32,39)/t27-/m1/s1. The van der Waals surface area contributed by atoms with Crippen molar-refractivity contribution in [1.82, 2.24) is 29.9 Å². The molecule has 2 aliphatic heterocycles. The molecule has 0 unspecified atom stereocenters. The Bertz CT molecular complexity index is 1090. The van der Waals surface area contributed by atoms with Crippen LogP contribution in [0.4, 0.5) is 0 Å². The minimum Gasteiger partial charge on any atom is -0.369 e. The van der Waals surface area contributed by atoms with E-state index in [1.165, 1.54) is 32.1 Å². The second-order valence-electron chi connectivity index (χ2n) is 12.2. The van der Waals surface area contributed by atoms with Gasteiger partial charge in [-0.2, -0.15) is 5.10 Å². The van der Waals surface area contributed by atoms with Gasteiger partial charge in [0.05, 0.1) is 12.6 Å². The van der Waals surface area contributed by atoms with Crippen LogP contribution in [0.15, 0.2) is 36.9 Å². The molecule has 3 heterocycles. The van der Waals surface area contributed by atoms with Crippen LogP contribution in [0.2, 0.25) is 5.02 Å². The molecular weight excluding hydrogens is 526 g/mol. The molecule has 0 bridgehead atoms. The van der Waals surface area contributed by atoms with Gasteiger partial charge in [-0.25, -0.2) is 4.98 Å². The minimum atomic E-state index is -0.300. The number of amides is 2. The highest BCUT2D eigenvalue weighted by atomic mass is 35.5. The zero-order valence-corrected chi connectivity index (χ0v) is 24.3. The first-order valence-corrected chi connectivity index (χ1v) is 15.4. The lowest BCUT2D eigenvalue weighted by Crippen LogP contribution is -2.56. The maximum atomic E-state index is 14.1. The van der Waals surface area contributed by atoms with Gasteiger partial charge >= 0.3 is 0 Å². The van der Waals surface area contributed by atoms with Crippen LogP contribution in [0.3, 0.4) is 0 Å². The summed E-state index contributed by atoms with van der Waals surface area (Å²) in [6.07, 6.45) is 14.4. The van der Waals surface area contributed by atoms with Gasteiger partial charge in [0, 0.05) is 43.8 Å². The molecule has 0 radical (unpaired) electrons. The predicted octanol–water partition coefficient (Wildman–Crippen LogP) is 3.27. The van der Waals surface area contributed by atoms with Crippen molar-refractivity contribution in [3.8, 4) is 0 Å². The number of aromatic nitrogens is 3. The van der Waals surface area contributed by atoms with E-state index >= 15 is 0 Å². The van der Waals surface area contributed by atoms with Crippen LogP contribution in [0.1, 0.15) is 63.4 Å². The number of hydrogen-bond acceptors (Lipinski definition) is 6. The van der Waals surface area contributed by atoms with Crippen molar-refractivity contribution in [2.75, 3.05) is 32.7 Å². The molecule has 1 aliphatic carbocycles. The number of rotatable bonds is 10. The Morgan fingerprint density at radius 2 is 1.73 bits per heavy atom. The Hall–Kier alpha value is -2.49. The van der Waals surface area contributed by atoms with Crippen LogP contribution in [0.5, 0.6) is 0 Å². The molecule has 1 atom stereocenters. The summed E-state index contributed by atoms with van der Waals surface area (Å²) in [5.41, 5.74) is 6.66. The third-order valence-corrected chi connectivity index (χ3v) is 9.79. The summed E-state index contributed by atoms with van der Waals surface area (Å²) < 4.78 is 2.00. The average Bonchev–Trinajstić information content (AvgIpc) is 3.48. The number of primary amides is 1. The second-order valence-corrected chi connectivity index (χ2v) is 12.6. The van der Waals surface area contributed by atoms with Crippen molar-refractivity contribution in [3.05, 3.63) is 47.5 Å². The van der Waals surface area contributed by atoms with E-state index in [4.69, 9.17) is 17.3 Å². The van der Waals surface area contributed by atoms with Gasteiger partial charge < -0.3 is 16.0 Å². The van der Waals surface area contributed by atoms with E-state index in [0.29, 0.717) is 23.9 Å². The molecule has 40 heavy (non-hydrogen) atoms. The SMILES string of the molecule is NC(=O)CN1CCC(N[C@H](Cc2ccc(Cl)cc2)C(=O)N2CCC(Cn3cncn3)(C3CCCCC3)CC2)CC1. The highest BCUT2D eigenvalue weighted by Crippen LogP contribution is 2.47. The lowest BCUT2D eigenvalue weighted by atomic mass is 9.63. The molecule has 218 valence electrons. The molecular formula is C30H44ClN7O2. The van der Waals surface area contributed by atoms with E-state index in [1.807, 2.05) is 35.3 Å². The van der Waals surface area contributed by atoms with Crippen LogP contribution in [0.25, 0.3) is 0 Å². The zero-order chi connectivity index (χ0) is 28.0. The quantitative estimate of drug-likeness (QED) is 0.454. The first-order chi connectivity index (χ1) is 19.4. The first kappa shape index (κ1) is 29.0. The maximum Gasteiger partial charge on any atom is 0.240 e. The van der Waals surface area contributed by atoms with Crippen molar-refractivity contribution in [1.29, 1.82) is 0 Å². The van der Waals surface area contributed by atoms with Crippen LogP contribution in [-0.2, 0) is 22.6 Å². The van der Waals surface area contributed by atoms with Gasteiger partial charge in [0.2, 0.25) is 11.8 Å². The van der Waals surface area contributed by atoms with Crippen molar-refractivity contribution >= 4 is 23.4 Å². The molecule has 2 aromatic rings. The number of nitrogens with one attached hydrogen (secondary N) is 1. The Morgan fingerprint density at radius 3 is 2.35 bits per heavy atom. The van der Waals surface area contributed by atoms with Crippen LogP contribution >= 0.6 is 11.6 Å². The second kappa shape index (κ2) is 13.4. The van der Waals surface area contributed by atoms with Gasteiger partial charge in [-0.15, -0.1) is 0 Å². The van der Waals surface area contributed by atoms with Gasteiger partial charge in [-0.3, -0.25) is 19.2 Å². The molecule has 5 rings (SSSR count). The summed E-state index contributed by atoms with van der Waals surface area (Å²) >= 11 is 6.14. The monoisotopic (exact) mass is 569 g/mol. The number of likely N-dealkylation sites (tertiary alicyclic amines) is 2. The minimum absolute atomic E-state index is 0.164. The van der Waals surface area contributed by atoms with Crippen molar-refractivity contribution in [3.63, 3.8) is 0 Å². The normalized spacial score (nSPS) is 21.8. The lowest BCUT2D eigenvalue weighted by Gasteiger charge is -2.48. The highest BCUT2D eigenvalue weighted by molar-refractivity contribution is 6.30. The van der Waals surface area contributed by atoms with Gasteiger partial charge in [-0.1, -0.05) is 43.0 Å². The summed E-state index contributed by atoms with van der Waals surface area (Å²) in [5.74, 6) is 0.573. The third kappa shape index (κ3) is 7.42. The smallest absolute Gasteiger partial charge is 0.240 e. The molecule has 3 aliphatic rings. The lowest BCUT2D eigenvalue weighted by molar-refractivity contribution is -0.137. The Morgan fingerprint density at radius 1 is 1.02 bits per heavy atom. The van der Waals surface area contributed by atoms with E-state index in [-0.39, 0.29) is 29.3 Å². The summed E-state index contributed by atoms with van der Waals surface area (Å²) in [4.78, 5) is 33.8. The predicted molar refractivity (Wildman–Crippen MR) is 156 cm³/mol. The number of piperidine rings is 2. The number of hydrogen-bond donors (Lipinski definition) is 2. The molecule has 1 aromatic carbocycles. The molecule has 2 amide bonds. The van der Waals surface area contributed by atoms with Crippen LogP contribution < -0.4 is 11.1 Å². The molecule has 0 spiro atoms. The van der Waals surface area contributed by atoms with E-state index in [1.54, 1.807) is 6.33 Å². The molecule has 1 saturated carbocycles. The highest BCUT2D eigenvalue weighted by Gasteiger charge is 2.44. The molecule has 1 aromatic heterocycles. The fraction of sp³-hybridized carbons (Fsp3) is 0.667. The largest absolute Gasteiger partial charge is 0.369 e.